The van der Waals surface area contributed by atoms with Gasteiger partial charge in [-0.1, -0.05) is 20.8 Å². The molecule has 0 unspecified atom stereocenters. The number of hydrogen-bond acceptors (Lipinski definition) is 5. The number of ether oxygens (including phenoxy) is 1. The largest absolute Gasteiger partial charge is 0.466 e. The lowest BCUT2D eigenvalue weighted by molar-refractivity contribution is -0.140. The van der Waals surface area contributed by atoms with Gasteiger partial charge in [0, 0.05) is 20.1 Å². The second-order valence-electron chi connectivity index (χ2n) is 3.18. The average molecular weight is 281 g/mol. The van der Waals surface area contributed by atoms with Crippen molar-refractivity contribution in [1.29, 1.82) is 0 Å². The van der Waals surface area contributed by atoms with Crippen molar-refractivity contribution >= 4 is 5.97 Å². The molecule has 0 aromatic heterocycles. The average Bonchev–Trinajstić information content (AvgIpc) is 2.34. The molecule has 2 N–H and O–H groups in total. The molecule has 19 heavy (non-hydrogen) atoms. The molecule has 0 bridgehead atoms. The molecule has 0 aliphatic rings. The van der Waals surface area contributed by atoms with Crippen LogP contribution in [-0.4, -0.2) is 60.5 Å². The van der Waals surface area contributed by atoms with E-state index in [1.165, 1.54) is 26.6 Å². The number of carbonyl (C=O) groups is 1. The Labute approximate surface area is 119 Å². The molecule has 0 amide bonds. The van der Waals surface area contributed by atoms with Gasteiger partial charge in [-0.3, -0.25) is 4.79 Å². The standard InChI is InChI=1S/C6H15N.C4H8O2.2C2H6O/c1-4-7(5-2)6-3;1-3-6-4(2)5;2*1-2-3/h4-6H2,1-3H3;3H2,1-2H3;2*3H,2H2,1H3. The normalized spacial score (nSPS) is 8.11. The number of aliphatic hydroxyl groups is 2. The smallest absolute Gasteiger partial charge is 0.302 e. The molecule has 5 nitrogen and oxygen atoms in total. The zero-order chi connectivity index (χ0) is 16.1. The van der Waals surface area contributed by atoms with Gasteiger partial charge in [-0.15, -0.1) is 0 Å². The van der Waals surface area contributed by atoms with Gasteiger partial charge < -0.3 is 19.8 Å². The van der Waals surface area contributed by atoms with Gasteiger partial charge in [-0.2, -0.15) is 0 Å². The van der Waals surface area contributed by atoms with Gasteiger partial charge in [0.2, 0.25) is 0 Å². The van der Waals surface area contributed by atoms with E-state index in [0.29, 0.717) is 6.61 Å². The number of esters is 1. The third kappa shape index (κ3) is 58.6. The maximum absolute atomic E-state index is 9.82. The van der Waals surface area contributed by atoms with Crippen molar-refractivity contribution in [2.45, 2.75) is 48.5 Å². The summed E-state index contributed by atoms with van der Waals surface area (Å²) in [6.07, 6.45) is 0. The first kappa shape index (κ1) is 26.8. The quantitative estimate of drug-likeness (QED) is 0.770. The molecule has 0 saturated heterocycles. The van der Waals surface area contributed by atoms with E-state index in [0.717, 1.165) is 0 Å². The molecule has 0 fully saturated rings. The Morgan fingerprint density at radius 3 is 1.16 bits per heavy atom. The van der Waals surface area contributed by atoms with Gasteiger partial charge in [0.1, 0.15) is 0 Å². The predicted octanol–water partition coefficient (Wildman–Crippen LogP) is 1.91. The molecule has 0 rings (SSSR count). The molecule has 0 radical (unpaired) electrons. The van der Waals surface area contributed by atoms with Crippen LogP contribution in [0.15, 0.2) is 0 Å². The van der Waals surface area contributed by atoms with Gasteiger partial charge in [-0.25, -0.2) is 0 Å². The van der Waals surface area contributed by atoms with Crippen LogP contribution in [-0.2, 0) is 9.53 Å². The highest BCUT2D eigenvalue weighted by atomic mass is 16.5. The lowest BCUT2D eigenvalue weighted by atomic mass is 10.5. The SMILES string of the molecule is CCN(CC)CC.CCO.CCO.CCOC(C)=O. The first-order valence-corrected chi connectivity index (χ1v) is 7.02. The molecule has 120 valence electrons. The Balaban J connectivity index is -0.0000000851. The highest BCUT2D eigenvalue weighted by Crippen LogP contribution is 1.81. The topological polar surface area (TPSA) is 70.0 Å². The van der Waals surface area contributed by atoms with E-state index in [4.69, 9.17) is 10.2 Å². The summed E-state index contributed by atoms with van der Waals surface area (Å²) < 4.78 is 4.40. The van der Waals surface area contributed by atoms with Crippen molar-refractivity contribution in [2.24, 2.45) is 0 Å². The third-order valence-corrected chi connectivity index (χ3v) is 1.69. The monoisotopic (exact) mass is 281 g/mol. The van der Waals surface area contributed by atoms with Crippen LogP contribution in [0.1, 0.15) is 48.5 Å². The van der Waals surface area contributed by atoms with Crippen LogP contribution >= 0.6 is 0 Å². The number of rotatable bonds is 4. The van der Waals surface area contributed by atoms with Gasteiger partial charge >= 0.3 is 5.97 Å². The van der Waals surface area contributed by atoms with Crippen LogP contribution < -0.4 is 0 Å². The van der Waals surface area contributed by atoms with Crippen LogP contribution in [0.3, 0.4) is 0 Å². The first-order valence-electron chi connectivity index (χ1n) is 7.02. The lowest BCUT2D eigenvalue weighted by Crippen LogP contribution is -2.21. The van der Waals surface area contributed by atoms with Crippen molar-refractivity contribution in [3.8, 4) is 0 Å². The predicted molar refractivity (Wildman–Crippen MR) is 81.3 cm³/mol. The Morgan fingerprint density at radius 2 is 1.16 bits per heavy atom. The fraction of sp³-hybridized carbons (Fsp3) is 0.929. The molecule has 0 aliphatic heterocycles. The van der Waals surface area contributed by atoms with Gasteiger partial charge in [0.15, 0.2) is 0 Å². The van der Waals surface area contributed by atoms with Gasteiger partial charge in [0.05, 0.1) is 6.61 Å². The van der Waals surface area contributed by atoms with E-state index < -0.39 is 0 Å². The first-order chi connectivity index (χ1) is 8.94. The minimum atomic E-state index is -0.211. The maximum Gasteiger partial charge on any atom is 0.302 e. The van der Waals surface area contributed by atoms with E-state index in [2.05, 4.69) is 30.4 Å². The number of aliphatic hydroxyl groups excluding tert-OH is 2. The number of carbonyl (C=O) groups excluding carboxylic acids is 1. The van der Waals surface area contributed by atoms with Crippen molar-refractivity contribution in [3.05, 3.63) is 0 Å². The van der Waals surface area contributed by atoms with E-state index in [1.807, 2.05) is 0 Å². The molecular weight excluding hydrogens is 246 g/mol. The van der Waals surface area contributed by atoms with E-state index in [-0.39, 0.29) is 19.2 Å². The molecule has 0 aromatic carbocycles. The zero-order valence-electron chi connectivity index (χ0n) is 13.9. The molecular formula is C14H35NO4. The second-order valence-corrected chi connectivity index (χ2v) is 3.18. The van der Waals surface area contributed by atoms with Crippen LogP contribution in [0.2, 0.25) is 0 Å². The fourth-order valence-electron chi connectivity index (χ4n) is 0.874. The van der Waals surface area contributed by atoms with Crippen LogP contribution in [0, 0.1) is 0 Å². The van der Waals surface area contributed by atoms with Crippen LogP contribution in [0.4, 0.5) is 0 Å². The summed E-state index contributed by atoms with van der Waals surface area (Å²) in [6.45, 7) is 17.6. The Kier molecular flexibility index (Phi) is 42.9. The summed E-state index contributed by atoms with van der Waals surface area (Å²) in [6, 6.07) is 0. The summed E-state index contributed by atoms with van der Waals surface area (Å²) in [7, 11) is 0. The molecule has 0 atom stereocenters. The summed E-state index contributed by atoms with van der Waals surface area (Å²) in [4.78, 5) is 12.2. The maximum atomic E-state index is 9.82. The van der Waals surface area contributed by atoms with Crippen LogP contribution in [0.25, 0.3) is 0 Å². The minimum Gasteiger partial charge on any atom is -0.466 e. The van der Waals surface area contributed by atoms with Crippen molar-refractivity contribution < 1.29 is 19.7 Å². The summed E-state index contributed by atoms with van der Waals surface area (Å²) in [5, 5.41) is 15.1. The minimum absolute atomic E-state index is 0.211. The summed E-state index contributed by atoms with van der Waals surface area (Å²) in [5.41, 5.74) is 0. The highest BCUT2D eigenvalue weighted by molar-refractivity contribution is 5.65. The number of hydrogen-bond donors (Lipinski definition) is 2. The van der Waals surface area contributed by atoms with Gasteiger partial charge in [0.25, 0.3) is 0 Å². The number of nitrogens with zero attached hydrogens (tertiary/aromatic N) is 1. The molecule has 0 saturated carbocycles. The Morgan fingerprint density at radius 1 is 0.895 bits per heavy atom. The van der Waals surface area contributed by atoms with E-state index >= 15 is 0 Å². The molecule has 5 heteroatoms. The van der Waals surface area contributed by atoms with Crippen molar-refractivity contribution in [2.75, 3.05) is 39.5 Å². The second kappa shape index (κ2) is 30.4. The van der Waals surface area contributed by atoms with E-state index in [1.54, 1.807) is 20.8 Å². The van der Waals surface area contributed by atoms with E-state index in [9.17, 15) is 4.79 Å². The van der Waals surface area contributed by atoms with Crippen LogP contribution in [0.5, 0.6) is 0 Å². The van der Waals surface area contributed by atoms with Gasteiger partial charge in [-0.05, 0) is 40.4 Å². The molecule has 0 spiro atoms. The zero-order valence-corrected chi connectivity index (χ0v) is 13.9. The third-order valence-electron chi connectivity index (χ3n) is 1.69. The Bertz CT molecular complexity index is 132. The molecule has 0 aliphatic carbocycles. The van der Waals surface area contributed by atoms with Crippen molar-refractivity contribution in [1.82, 2.24) is 4.90 Å². The molecule has 0 heterocycles. The highest BCUT2D eigenvalue weighted by Gasteiger charge is 1.89. The van der Waals surface area contributed by atoms with Crippen molar-refractivity contribution in [3.63, 3.8) is 0 Å². The Hall–Kier alpha value is -0.650. The lowest BCUT2D eigenvalue weighted by Gasteiger charge is -2.13. The molecule has 0 aromatic rings. The summed E-state index contributed by atoms with van der Waals surface area (Å²) in [5.74, 6) is -0.211. The fourth-order valence-corrected chi connectivity index (χ4v) is 0.874. The summed E-state index contributed by atoms with van der Waals surface area (Å²) >= 11 is 0.